The second-order valence-corrected chi connectivity index (χ2v) is 4.53. The number of hydrogen-bond donors (Lipinski definition) is 2. The van der Waals surface area contributed by atoms with Gasteiger partial charge in [0.25, 0.3) is 0 Å². The van der Waals surface area contributed by atoms with Gasteiger partial charge < -0.3 is 10.4 Å². The third kappa shape index (κ3) is 2.79. The number of carboxylic acids is 1. The zero-order valence-electron chi connectivity index (χ0n) is 10.6. The van der Waals surface area contributed by atoms with E-state index in [1.807, 2.05) is 0 Å². The van der Waals surface area contributed by atoms with Crippen molar-refractivity contribution in [2.45, 2.75) is 25.8 Å². The number of rotatable bonds is 5. The van der Waals surface area contributed by atoms with Gasteiger partial charge in [-0.05, 0) is 32.0 Å². The molecule has 0 radical (unpaired) electrons. The van der Waals surface area contributed by atoms with Gasteiger partial charge in [-0.25, -0.2) is 4.79 Å². The maximum atomic E-state index is 11.0. The Morgan fingerprint density at radius 2 is 2.50 bits per heavy atom. The van der Waals surface area contributed by atoms with Crippen molar-refractivity contribution in [3.05, 3.63) is 24.0 Å². The fourth-order valence-corrected chi connectivity index (χ4v) is 2.49. The first-order valence-electron chi connectivity index (χ1n) is 6.37. The van der Waals surface area contributed by atoms with Crippen LogP contribution >= 0.6 is 0 Å². The number of aromatic nitrogens is 1. The van der Waals surface area contributed by atoms with Crippen molar-refractivity contribution in [1.29, 1.82) is 0 Å². The van der Waals surface area contributed by atoms with Gasteiger partial charge in [-0.2, -0.15) is 0 Å². The van der Waals surface area contributed by atoms with E-state index in [0.29, 0.717) is 11.7 Å². The smallest absolute Gasteiger partial charge is 0.339 e. The van der Waals surface area contributed by atoms with Gasteiger partial charge in [0.05, 0.1) is 5.69 Å². The molecule has 5 heteroatoms. The lowest BCUT2D eigenvalue weighted by Crippen LogP contribution is -2.34. The minimum Gasteiger partial charge on any atom is -0.478 e. The molecule has 1 aliphatic heterocycles. The van der Waals surface area contributed by atoms with Gasteiger partial charge in [0.2, 0.25) is 0 Å². The van der Waals surface area contributed by atoms with Crippen LogP contribution in [-0.2, 0) is 0 Å². The highest BCUT2D eigenvalue weighted by molar-refractivity contribution is 5.93. The molecule has 2 N–H and O–H groups in total. The fraction of sp³-hybridized carbons (Fsp3) is 0.538. The molecule has 1 saturated heterocycles. The summed E-state index contributed by atoms with van der Waals surface area (Å²) in [6.07, 6.45) is 5.40. The molecule has 2 heterocycles. The third-order valence-electron chi connectivity index (χ3n) is 3.48. The fourth-order valence-electron chi connectivity index (χ4n) is 2.49. The van der Waals surface area contributed by atoms with E-state index in [9.17, 15) is 4.79 Å². The van der Waals surface area contributed by atoms with E-state index in [4.69, 9.17) is 5.11 Å². The van der Waals surface area contributed by atoms with Gasteiger partial charge in [0.15, 0.2) is 0 Å². The van der Waals surface area contributed by atoms with Gasteiger partial charge in [-0.3, -0.25) is 9.88 Å². The predicted molar refractivity (Wildman–Crippen MR) is 70.0 cm³/mol. The highest BCUT2D eigenvalue weighted by Gasteiger charge is 2.22. The minimum absolute atomic E-state index is 0.235. The Bertz CT molecular complexity index is 422. The molecule has 1 atom stereocenters. The van der Waals surface area contributed by atoms with E-state index in [1.165, 1.54) is 19.0 Å². The summed E-state index contributed by atoms with van der Waals surface area (Å²) in [6, 6.07) is 2.22. The molecule has 0 amide bonds. The van der Waals surface area contributed by atoms with E-state index >= 15 is 0 Å². The summed E-state index contributed by atoms with van der Waals surface area (Å²) in [6.45, 7) is 5.14. The van der Waals surface area contributed by atoms with Crippen LogP contribution in [0.5, 0.6) is 0 Å². The first-order chi connectivity index (χ1) is 8.72. The molecule has 2 rings (SSSR count). The largest absolute Gasteiger partial charge is 0.478 e. The molecule has 1 fully saturated rings. The second kappa shape index (κ2) is 5.82. The summed E-state index contributed by atoms with van der Waals surface area (Å²) in [7, 11) is 0. The zero-order chi connectivity index (χ0) is 13.0. The lowest BCUT2D eigenvalue weighted by atomic mass is 10.2. The van der Waals surface area contributed by atoms with Gasteiger partial charge >= 0.3 is 5.97 Å². The van der Waals surface area contributed by atoms with Gasteiger partial charge in [0.1, 0.15) is 5.56 Å². The molecule has 0 aromatic carbocycles. The number of carboxylic acid groups (broad SMARTS) is 1. The van der Waals surface area contributed by atoms with E-state index in [-0.39, 0.29) is 5.56 Å². The zero-order valence-corrected chi connectivity index (χ0v) is 10.6. The van der Waals surface area contributed by atoms with Crippen molar-refractivity contribution < 1.29 is 9.90 Å². The van der Waals surface area contributed by atoms with Crippen LogP contribution in [0, 0.1) is 0 Å². The van der Waals surface area contributed by atoms with Crippen LogP contribution in [-0.4, -0.2) is 46.6 Å². The monoisotopic (exact) mass is 249 g/mol. The van der Waals surface area contributed by atoms with Crippen molar-refractivity contribution in [3.8, 4) is 0 Å². The van der Waals surface area contributed by atoms with Crippen LogP contribution in [0.15, 0.2) is 18.5 Å². The number of likely N-dealkylation sites (N-methyl/N-ethyl adjacent to an activating group) is 1. The molecule has 1 unspecified atom stereocenters. The summed E-state index contributed by atoms with van der Waals surface area (Å²) in [4.78, 5) is 17.3. The first-order valence-corrected chi connectivity index (χ1v) is 6.37. The third-order valence-corrected chi connectivity index (χ3v) is 3.48. The highest BCUT2D eigenvalue weighted by Crippen LogP contribution is 2.19. The molecule has 0 spiro atoms. The molecule has 1 aromatic heterocycles. The normalized spacial score (nSPS) is 19.9. The van der Waals surface area contributed by atoms with Crippen molar-refractivity contribution in [2.75, 3.05) is 25.0 Å². The van der Waals surface area contributed by atoms with Crippen LogP contribution in [0.4, 0.5) is 5.69 Å². The standard InChI is InChI=1S/C13H19N3O2/c1-2-16-7-3-4-10(16)8-15-12-5-6-14-9-11(12)13(17)18/h5-6,9-10H,2-4,7-8H2,1H3,(H,14,15)(H,17,18). The summed E-state index contributed by atoms with van der Waals surface area (Å²) >= 11 is 0. The number of nitrogens with zero attached hydrogens (tertiary/aromatic N) is 2. The average molecular weight is 249 g/mol. The molecule has 0 saturated carbocycles. The van der Waals surface area contributed by atoms with Gasteiger partial charge in [0, 0.05) is 25.0 Å². The van der Waals surface area contributed by atoms with E-state index < -0.39 is 5.97 Å². The van der Waals surface area contributed by atoms with Crippen molar-refractivity contribution >= 4 is 11.7 Å². The number of pyridine rings is 1. The highest BCUT2D eigenvalue weighted by atomic mass is 16.4. The van der Waals surface area contributed by atoms with Gasteiger partial charge in [-0.1, -0.05) is 6.92 Å². The van der Waals surface area contributed by atoms with Gasteiger partial charge in [-0.15, -0.1) is 0 Å². The molecule has 98 valence electrons. The summed E-state index contributed by atoms with van der Waals surface area (Å²) in [5, 5.41) is 12.3. The van der Waals surface area contributed by atoms with Crippen LogP contribution < -0.4 is 5.32 Å². The first kappa shape index (κ1) is 12.8. The quantitative estimate of drug-likeness (QED) is 0.831. The summed E-state index contributed by atoms with van der Waals surface area (Å²) in [5.41, 5.74) is 0.888. The Hall–Kier alpha value is -1.62. The second-order valence-electron chi connectivity index (χ2n) is 4.53. The predicted octanol–water partition coefficient (Wildman–Crippen LogP) is 1.68. The van der Waals surface area contributed by atoms with Crippen molar-refractivity contribution in [1.82, 2.24) is 9.88 Å². The molecular weight excluding hydrogens is 230 g/mol. The lowest BCUT2D eigenvalue weighted by molar-refractivity contribution is 0.0697. The maximum absolute atomic E-state index is 11.0. The Labute approximate surface area is 107 Å². The molecule has 5 nitrogen and oxygen atoms in total. The summed E-state index contributed by atoms with van der Waals surface area (Å²) < 4.78 is 0. The number of nitrogens with one attached hydrogen (secondary N) is 1. The molecular formula is C13H19N3O2. The van der Waals surface area contributed by atoms with Crippen LogP contribution in [0.25, 0.3) is 0 Å². The number of hydrogen-bond acceptors (Lipinski definition) is 4. The number of aromatic carboxylic acids is 1. The van der Waals surface area contributed by atoms with E-state index in [0.717, 1.165) is 19.6 Å². The Kier molecular flexibility index (Phi) is 4.15. The topological polar surface area (TPSA) is 65.5 Å². The Balaban J connectivity index is 2.00. The molecule has 0 bridgehead atoms. The lowest BCUT2D eigenvalue weighted by Gasteiger charge is -2.23. The molecule has 1 aromatic rings. The van der Waals surface area contributed by atoms with E-state index in [2.05, 4.69) is 22.1 Å². The Morgan fingerprint density at radius 1 is 1.67 bits per heavy atom. The molecule has 18 heavy (non-hydrogen) atoms. The summed E-state index contributed by atoms with van der Waals surface area (Å²) in [5.74, 6) is -0.940. The van der Waals surface area contributed by atoms with Crippen LogP contribution in [0.1, 0.15) is 30.1 Å². The molecule has 0 aliphatic carbocycles. The molecule has 1 aliphatic rings. The average Bonchev–Trinajstić information content (AvgIpc) is 2.84. The SMILES string of the molecule is CCN1CCCC1CNc1ccncc1C(=O)O. The maximum Gasteiger partial charge on any atom is 0.339 e. The number of carbonyl (C=O) groups is 1. The number of anilines is 1. The van der Waals surface area contributed by atoms with Crippen LogP contribution in [0.3, 0.4) is 0 Å². The minimum atomic E-state index is -0.940. The van der Waals surface area contributed by atoms with Crippen molar-refractivity contribution in [3.63, 3.8) is 0 Å². The van der Waals surface area contributed by atoms with E-state index in [1.54, 1.807) is 12.3 Å². The van der Waals surface area contributed by atoms with Crippen LogP contribution in [0.2, 0.25) is 0 Å². The Morgan fingerprint density at radius 3 is 3.22 bits per heavy atom. The van der Waals surface area contributed by atoms with Crippen molar-refractivity contribution in [2.24, 2.45) is 0 Å². The number of likely N-dealkylation sites (tertiary alicyclic amines) is 1.